The molecule has 2 N–H and O–H groups in total. The molecule has 0 aliphatic rings. The number of primary amides is 1. The Labute approximate surface area is 128 Å². The number of aryl methyl sites for hydroxylation is 2. The lowest BCUT2D eigenvalue weighted by Crippen LogP contribution is -2.20. The van der Waals surface area contributed by atoms with Crippen molar-refractivity contribution in [3.8, 4) is 0 Å². The molecular weight excluding hydrogens is 294 g/mol. The van der Waals surface area contributed by atoms with Crippen LogP contribution in [0, 0.1) is 6.92 Å². The van der Waals surface area contributed by atoms with Crippen molar-refractivity contribution in [2.45, 2.75) is 39.2 Å². The monoisotopic (exact) mass is 313 g/mol. The number of ether oxygens (including phenoxy) is 1. The first-order valence-corrected chi connectivity index (χ1v) is 7.33. The van der Waals surface area contributed by atoms with Gasteiger partial charge in [-0.15, -0.1) is 11.6 Å². The van der Waals surface area contributed by atoms with E-state index in [0.717, 1.165) is 29.2 Å². The smallest absolute Gasteiger partial charge is 0.243 e. The summed E-state index contributed by atoms with van der Waals surface area (Å²) in [6.45, 7) is 7.39. The molecule has 0 bridgehead atoms. The van der Waals surface area contributed by atoms with E-state index in [2.05, 4.69) is 10.1 Å². The number of hydrogen-bond acceptors (Lipinski definition) is 4. The third-order valence-corrected chi connectivity index (χ3v) is 3.38. The number of nitrogens with zero attached hydrogens (tertiary/aromatic N) is 4. The molecule has 0 aromatic carbocycles. The van der Waals surface area contributed by atoms with Gasteiger partial charge in [-0.25, -0.2) is 9.67 Å². The van der Waals surface area contributed by atoms with Gasteiger partial charge >= 0.3 is 0 Å². The molecule has 2 aromatic heterocycles. The summed E-state index contributed by atoms with van der Waals surface area (Å²) in [6, 6.07) is 0. The zero-order valence-electron chi connectivity index (χ0n) is 12.5. The van der Waals surface area contributed by atoms with Gasteiger partial charge in [-0.1, -0.05) is 0 Å². The Morgan fingerprint density at radius 1 is 1.52 bits per heavy atom. The minimum Gasteiger partial charge on any atom is -0.370 e. The lowest BCUT2D eigenvalue weighted by atomic mass is 10.4. The quantitative estimate of drug-likeness (QED) is 0.617. The van der Waals surface area contributed by atoms with Crippen LogP contribution in [0.15, 0.2) is 0 Å². The highest BCUT2D eigenvalue weighted by Crippen LogP contribution is 2.26. The number of rotatable bonds is 7. The molecule has 0 spiro atoms. The van der Waals surface area contributed by atoms with Gasteiger partial charge in [0.2, 0.25) is 5.91 Å². The van der Waals surface area contributed by atoms with Crippen LogP contribution in [0.5, 0.6) is 0 Å². The molecule has 21 heavy (non-hydrogen) atoms. The van der Waals surface area contributed by atoms with Gasteiger partial charge in [0.05, 0.1) is 17.7 Å². The van der Waals surface area contributed by atoms with Crippen LogP contribution in [0.2, 0.25) is 0 Å². The second-order valence-corrected chi connectivity index (χ2v) is 5.48. The fourth-order valence-electron chi connectivity index (χ4n) is 2.31. The first-order chi connectivity index (χ1) is 9.95. The zero-order valence-corrected chi connectivity index (χ0v) is 13.2. The Morgan fingerprint density at radius 2 is 2.24 bits per heavy atom. The van der Waals surface area contributed by atoms with Crippen molar-refractivity contribution in [3.05, 3.63) is 11.5 Å². The van der Waals surface area contributed by atoms with E-state index in [9.17, 15) is 4.79 Å². The number of fused-ring (bicyclic) bond motifs is 1. The number of alkyl halides is 1. The van der Waals surface area contributed by atoms with Crippen molar-refractivity contribution in [1.29, 1.82) is 0 Å². The van der Waals surface area contributed by atoms with E-state index in [4.69, 9.17) is 22.1 Å². The van der Waals surface area contributed by atoms with Crippen LogP contribution in [0.3, 0.4) is 0 Å². The van der Waals surface area contributed by atoms with Crippen LogP contribution < -0.4 is 5.73 Å². The Balaban J connectivity index is 2.33. The molecule has 1 amide bonds. The highest BCUT2D eigenvalue weighted by atomic mass is 35.5. The summed E-state index contributed by atoms with van der Waals surface area (Å²) in [4.78, 5) is 15.3. The minimum atomic E-state index is -0.480. The van der Waals surface area contributed by atoms with E-state index in [1.165, 1.54) is 0 Å². The van der Waals surface area contributed by atoms with Crippen LogP contribution in [0.4, 0.5) is 0 Å². The number of amides is 1. The molecule has 0 aliphatic heterocycles. The Hall–Kier alpha value is -1.60. The van der Waals surface area contributed by atoms with E-state index in [1.54, 1.807) is 0 Å². The molecule has 2 aromatic rings. The molecule has 8 heteroatoms. The van der Waals surface area contributed by atoms with Gasteiger partial charge < -0.3 is 15.0 Å². The molecule has 0 radical (unpaired) electrons. The Morgan fingerprint density at radius 3 is 2.81 bits per heavy atom. The Bertz CT molecular complexity index is 647. The number of imidazole rings is 1. The first kappa shape index (κ1) is 15.8. The number of hydrogen-bond donors (Lipinski definition) is 1. The molecule has 0 saturated heterocycles. The molecule has 0 aliphatic carbocycles. The molecule has 7 nitrogen and oxygen atoms in total. The van der Waals surface area contributed by atoms with Crippen molar-refractivity contribution < 1.29 is 9.53 Å². The van der Waals surface area contributed by atoms with Gasteiger partial charge in [-0.05, 0) is 20.8 Å². The van der Waals surface area contributed by atoms with Crippen molar-refractivity contribution in [3.63, 3.8) is 0 Å². The standard InChI is InChI=1S/C13H20ClN5O2/c1-4-19-13-11(9(3)17-19)16-12(8(2)14)18(13)5-6-21-7-10(15)20/h8H,4-7H2,1-3H3,(H2,15,20). The molecule has 2 heterocycles. The first-order valence-electron chi connectivity index (χ1n) is 6.89. The third-order valence-electron chi connectivity index (χ3n) is 3.19. The molecule has 2 rings (SSSR count). The Kier molecular flexibility index (Phi) is 4.84. The highest BCUT2D eigenvalue weighted by Gasteiger charge is 2.20. The summed E-state index contributed by atoms with van der Waals surface area (Å²) in [6.07, 6.45) is 0. The van der Waals surface area contributed by atoms with Gasteiger partial charge in [0.25, 0.3) is 0 Å². The zero-order chi connectivity index (χ0) is 15.6. The number of aromatic nitrogens is 4. The minimum absolute atomic E-state index is 0.0876. The number of nitrogens with two attached hydrogens (primary N) is 1. The predicted octanol–water partition coefficient (Wildman–Crippen LogP) is 1.36. The second kappa shape index (κ2) is 6.44. The topological polar surface area (TPSA) is 88.0 Å². The van der Waals surface area contributed by atoms with Crippen molar-refractivity contribution in [1.82, 2.24) is 19.3 Å². The maximum absolute atomic E-state index is 10.7. The lowest BCUT2D eigenvalue weighted by molar-refractivity contribution is -0.122. The van der Waals surface area contributed by atoms with Crippen molar-refractivity contribution >= 4 is 28.7 Å². The van der Waals surface area contributed by atoms with Crippen molar-refractivity contribution in [2.24, 2.45) is 5.73 Å². The molecular formula is C13H20ClN5O2. The van der Waals surface area contributed by atoms with Gasteiger partial charge in [0.1, 0.15) is 17.9 Å². The summed E-state index contributed by atoms with van der Waals surface area (Å²) >= 11 is 6.22. The average Bonchev–Trinajstić information content (AvgIpc) is 2.93. The predicted molar refractivity (Wildman–Crippen MR) is 80.2 cm³/mol. The van der Waals surface area contributed by atoms with Crippen LogP contribution in [-0.4, -0.2) is 38.5 Å². The second-order valence-electron chi connectivity index (χ2n) is 4.83. The summed E-state index contributed by atoms with van der Waals surface area (Å²) in [5, 5.41) is 4.24. The lowest BCUT2D eigenvalue weighted by Gasteiger charge is -2.11. The molecule has 1 unspecified atom stereocenters. The largest absolute Gasteiger partial charge is 0.370 e. The summed E-state index contributed by atoms with van der Waals surface area (Å²) in [7, 11) is 0. The van der Waals surface area contributed by atoms with E-state index < -0.39 is 5.91 Å². The highest BCUT2D eigenvalue weighted by molar-refractivity contribution is 6.20. The summed E-state index contributed by atoms with van der Waals surface area (Å²) < 4.78 is 9.13. The third kappa shape index (κ3) is 3.19. The van der Waals surface area contributed by atoms with E-state index >= 15 is 0 Å². The van der Waals surface area contributed by atoms with Crippen LogP contribution in [0.25, 0.3) is 11.2 Å². The van der Waals surface area contributed by atoms with E-state index in [0.29, 0.717) is 13.2 Å². The fourth-order valence-corrected chi connectivity index (χ4v) is 2.48. The molecule has 1 atom stereocenters. The van der Waals surface area contributed by atoms with E-state index in [1.807, 2.05) is 30.0 Å². The number of halogens is 1. The average molecular weight is 314 g/mol. The van der Waals surface area contributed by atoms with Crippen LogP contribution in [-0.2, 0) is 22.6 Å². The maximum atomic E-state index is 10.7. The van der Waals surface area contributed by atoms with Gasteiger partial charge in [-0.2, -0.15) is 5.10 Å². The van der Waals surface area contributed by atoms with Gasteiger partial charge in [-0.3, -0.25) is 4.79 Å². The SMILES string of the molecule is CCn1nc(C)c2nc(C(C)Cl)n(CCOCC(N)=O)c21. The maximum Gasteiger partial charge on any atom is 0.243 e. The summed E-state index contributed by atoms with van der Waals surface area (Å²) in [5.74, 6) is 0.295. The molecule has 116 valence electrons. The number of carbonyl (C=O) groups is 1. The molecule has 0 saturated carbocycles. The van der Waals surface area contributed by atoms with Gasteiger partial charge in [0.15, 0.2) is 5.65 Å². The molecule has 0 fully saturated rings. The van der Waals surface area contributed by atoms with Gasteiger partial charge in [0, 0.05) is 13.1 Å². The van der Waals surface area contributed by atoms with E-state index in [-0.39, 0.29) is 12.0 Å². The summed E-state index contributed by atoms with van der Waals surface area (Å²) in [5.41, 5.74) is 7.71. The number of carbonyl (C=O) groups excluding carboxylic acids is 1. The van der Waals surface area contributed by atoms with Crippen LogP contribution in [0.1, 0.15) is 30.7 Å². The normalized spacial score (nSPS) is 13.0. The van der Waals surface area contributed by atoms with Crippen LogP contribution >= 0.6 is 11.6 Å². The van der Waals surface area contributed by atoms with Crippen molar-refractivity contribution in [2.75, 3.05) is 13.2 Å². The fraction of sp³-hybridized carbons (Fsp3) is 0.615.